The van der Waals surface area contributed by atoms with Gasteiger partial charge in [-0.25, -0.2) is 0 Å². The van der Waals surface area contributed by atoms with Crippen LogP contribution in [0.4, 0.5) is 13.2 Å². The number of rotatable bonds is 4. The lowest BCUT2D eigenvalue weighted by Gasteiger charge is -2.15. The third kappa shape index (κ3) is 4.26. The van der Waals surface area contributed by atoms with Gasteiger partial charge in [0.05, 0.1) is 11.5 Å². The summed E-state index contributed by atoms with van der Waals surface area (Å²) in [5, 5.41) is 9.87. The van der Waals surface area contributed by atoms with Gasteiger partial charge in [-0.15, -0.1) is 0 Å². The van der Waals surface area contributed by atoms with E-state index in [1.807, 2.05) is 0 Å². The smallest absolute Gasteiger partial charge is 0.416 e. The van der Waals surface area contributed by atoms with Gasteiger partial charge in [0.25, 0.3) is 0 Å². The zero-order valence-corrected chi connectivity index (χ0v) is 12.9. The van der Waals surface area contributed by atoms with Crippen LogP contribution in [0.1, 0.15) is 28.2 Å². The Bertz CT molecular complexity index is 709. The molecule has 0 spiro atoms. The maximum atomic E-state index is 12.5. The van der Waals surface area contributed by atoms with E-state index in [2.05, 4.69) is 0 Å². The quantitative estimate of drug-likeness (QED) is 0.841. The second kappa shape index (κ2) is 6.62. The zero-order chi connectivity index (χ0) is 17.2. The minimum Gasteiger partial charge on any atom is -0.481 e. The number of benzene rings is 2. The van der Waals surface area contributed by atoms with Crippen molar-refractivity contribution >= 4 is 17.6 Å². The van der Waals surface area contributed by atoms with Crippen LogP contribution in [0.25, 0.3) is 0 Å². The summed E-state index contributed by atoms with van der Waals surface area (Å²) >= 11 is 6.02. The van der Waals surface area contributed by atoms with Gasteiger partial charge in [-0.3, -0.25) is 4.79 Å². The second-order valence-electron chi connectivity index (χ2n) is 5.30. The first-order chi connectivity index (χ1) is 10.7. The van der Waals surface area contributed by atoms with Gasteiger partial charge in [-0.2, -0.15) is 13.2 Å². The highest BCUT2D eigenvalue weighted by atomic mass is 35.5. The van der Waals surface area contributed by atoms with E-state index in [0.29, 0.717) is 16.1 Å². The van der Waals surface area contributed by atoms with Crippen molar-refractivity contribution in [1.29, 1.82) is 0 Å². The van der Waals surface area contributed by atoms with Crippen LogP contribution in [0, 0.1) is 6.92 Å². The second-order valence-corrected chi connectivity index (χ2v) is 5.71. The average molecular weight is 343 g/mol. The van der Waals surface area contributed by atoms with Crippen LogP contribution in [0.2, 0.25) is 5.02 Å². The highest BCUT2D eigenvalue weighted by Crippen LogP contribution is 2.30. The molecule has 0 saturated carbocycles. The molecule has 0 radical (unpaired) electrons. The normalized spacial score (nSPS) is 12.9. The van der Waals surface area contributed by atoms with Crippen LogP contribution in [0.3, 0.4) is 0 Å². The molecule has 1 atom stereocenters. The van der Waals surface area contributed by atoms with Gasteiger partial charge in [-0.1, -0.05) is 35.9 Å². The molecule has 2 nitrogen and oxygen atoms in total. The summed E-state index contributed by atoms with van der Waals surface area (Å²) in [6.45, 7) is 1.80. The Morgan fingerprint density at radius 1 is 1.17 bits per heavy atom. The molecule has 2 aromatic rings. The number of carboxylic acid groups (broad SMARTS) is 1. The minimum atomic E-state index is -4.41. The molecule has 0 aliphatic carbocycles. The summed E-state index contributed by atoms with van der Waals surface area (Å²) in [5.41, 5.74) is 1.11. The van der Waals surface area contributed by atoms with Crippen molar-refractivity contribution in [2.24, 2.45) is 0 Å². The van der Waals surface area contributed by atoms with Crippen LogP contribution < -0.4 is 0 Å². The molecule has 2 aromatic carbocycles. The summed E-state index contributed by atoms with van der Waals surface area (Å²) in [6.07, 6.45) is -4.32. The molecule has 0 fully saturated rings. The van der Waals surface area contributed by atoms with E-state index in [1.54, 1.807) is 25.1 Å². The molecule has 122 valence electrons. The van der Waals surface area contributed by atoms with E-state index in [9.17, 15) is 23.1 Å². The van der Waals surface area contributed by atoms with Gasteiger partial charge in [0.15, 0.2) is 0 Å². The zero-order valence-electron chi connectivity index (χ0n) is 12.2. The Labute approximate surface area is 136 Å². The highest BCUT2D eigenvalue weighted by Gasteiger charge is 2.30. The number of aliphatic carboxylic acids is 1. The third-order valence-electron chi connectivity index (χ3n) is 3.62. The molecule has 0 amide bonds. The van der Waals surface area contributed by atoms with Gasteiger partial charge < -0.3 is 5.11 Å². The first kappa shape index (κ1) is 17.3. The molecular formula is C17H14ClF3O2. The van der Waals surface area contributed by atoms with Crippen molar-refractivity contribution in [1.82, 2.24) is 0 Å². The standard InChI is InChI=1S/C17H14ClF3O2/c1-10-2-5-12(9-15(10)18)14(16(22)23)8-11-3-6-13(7-4-11)17(19,20)21/h2-7,9,14H,8H2,1H3,(H,22,23). The topological polar surface area (TPSA) is 37.3 Å². The van der Waals surface area contributed by atoms with Crippen molar-refractivity contribution in [2.75, 3.05) is 0 Å². The Balaban J connectivity index is 2.26. The Hall–Kier alpha value is -2.01. The molecule has 0 saturated heterocycles. The maximum absolute atomic E-state index is 12.5. The van der Waals surface area contributed by atoms with E-state index in [0.717, 1.165) is 17.7 Å². The van der Waals surface area contributed by atoms with E-state index >= 15 is 0 Å². The van der Waals surface area contributed by atoms with E-state index in [1.165, 1.54) is 12.1 Å². The number of aryl methyl sites for hydroxylation is 1. The number of hydrogen-bond acceptors (Lipinski definition) is 1. The molecule has 1 N–H and O–H groups in total. The number of halogens is 4. The summed E-state index contributed by atoms with van der Waals surface area (Å²) in [7, 11) is 0. The molecule has 0 bridgehead atoms. The number of carbonyl (C=O) groups is 1. The molecule has 0 aromatic heterocycles. The predicted molar refractivity (Wildman–Crippen MR) is 81.7 cm³/mol. The Morgan fingerprint density at radius 3 is 2.26 bits per heavy atom. The predicted octanol–water partition coefficient (Wildman–Crippen LogP) is 5.08. The van der Waals surface area contributed by atoms with Crippen LogP contribution in [0.15, 0.2) is 42.5 Å². The molecule has 1 unspecified atom stereocenters. The van der Waals surface area contributed by atoms with Gasteiger partial charge >= 0.3 is 12.1 Å². The Kier molecular flexibility index (Phi) is 5.00. The molecular weight excluding hydrogens is 329 g/mol. The Morgan fingerprint density at radius 2 is 1.78 bits per heavy atom. The highest BCUT2D eigenvalue weighted by molar-refractivity contribution is 6.31. The van der Waals surface area contributed by atoms with Gasteiger partial charge in [0.1, 0.15) is 0 Å². The summed E-state index contributed by atoms with van der Waals surface area (Å²) in [4.78, 5) is 11.5. The molecule has 0 heterocycles. The molecule has 0 aliphatic heterocycles. The fraction of sp³-hybridized carbons (Fsp3) is 0.235. The van der Waals surface area contributed by atoms with Gasteiger partial charge in [0, 0.05) is 5.02 Å². The largest absolute Gasteiger partial charge is 0.481 e. The van der Waals surface area contributed by atoms with Crippen LogP contribution in [-0.4, -0.2) is 11.1 Å². The van der Waals surface area contributed by atoms with Crippen molar-refractivity contribution in [2.45, 2.75) is 25.4 Å². The lowest BCUT2D eigenvalue weighted by molar-refractivity contribution is -0.139. The minimum absolute atomic E-state index is 0.0901. The average Bonchev–Trinajstić information content (AvgIpc) is 2.47. The third-order valence-corrected chi connectivity index (χ3v) is 4.02. The molecule has 2 rings (SSSR count). The SMILES string of the molecule is Cc1ccc(C(Cc2ccc(C(F)(F)F)cc2)C(=O)O)cc1Cl. The van der Waals surface area contributed by atoms with Gasteiger partial charge in [0.2, 0.25) is 0 Å². The monoisotopic (exact) mass is 342 g/mol. The lowest BCUT2D eigenvalue weighted by atomic mass is 9.91. The van der Waals surface area contributed by atoms with Crippen molar-refractivity contribution in [3.63, 3.8) is 0 Å². The maximum Gasteiger partial charge on any atom is 0.416 e. The first-order valence-corrected chi connectivity index (χ1v) is 7.21. The molecule has 0 aliphatic rings. The lowest BCUT2D eigenvalue weighted by Crippen LogP contribution is -2.15. The number of carboxylic acids is 1. The van der Waals surface area contributed by atoms with Gasteiger partial charge in [-0.05, 0) is 48.2 Å². The fourth-order valence-corrected chi connectivity index (χ4v) is 2.43. The summed E-state index contributed by atoms with van der Waals surface area (Å²) < 4.78 is 37.6. The summed E-state index contributed by atoms with van der Waals surface area (Å²) in [5.74, 6) is -1.92. The van der Waals surface area contributed by atoms with E-state index in [4.69, 9.17) is 11.6 Å². The number of alkyl halides is 3. The number of hydrogen-bond donors (Lipinski definition) is 1. The van der Waals surface area contributed by atoms with Crippen LogP contribution in [-0.2, 0) is 17.4 Å². The van der Waals surface area contributed by atoms with Crippen molar-refractivity contribution < 1.29 is 23.1 Å². The molecule has 23 heavy (non-hydrogen) atoms. The first-order valence-electron chi connectivity index (χ1n) is 6.83. The fourth-order valence-electron chi connectivity index (χ4n) is 2.24. The van der Waals surface area contributed by atoms with Crippen molar-refractivity contribution in [3.8, 4) is 0 Å². The van der Waals surface area contributed by atoms with Crippen LogP contribution in [0.5, 0.6) is 0 Å². The molecule has 6 heteroatoms. The van der Waals surface area contributed by atoms with E-state index in [-0.39, 0.29) is 6.42 Å². The van der Waals surface area contributed by atoms with E-state index < -0.39 is 23.6 Å². The summed E-state index contributed by atoms with van der Waals surface area (Å²) in [6, 6.07) is 9.49. The van der Waals surface area contributed by atoms with Crippen molar-refractivity contribution in [3.05, 3.63) is 69.7 Å². The van der Waals surface area contributed by atoms with Crippen LogP contribution >= 0.6 is 11.6 Å².